The molecule has 2 saturated heterocycles. The Bertz CT molecular complexity index is 2750. The van der Waals surface area contributed by atoms with Crippen molar-refractivity contribution in [3.05, 3.63) is 157 Å². The molecule has 17 nitrogen and oxygen atoms in total. The molecule has 2 aliphatic rings. The number of hydrogen-bond acceptors (Lipinski definition) is 15. The van der Waals surface area contributed by atoms with Crippen molar-refractivity contribution in [2.75, 3.05) is 48.3 Å². The summed E-state index contributed by atoms with van der Waals surface area (Å²) in [5.74, 6) is 4.10. The lowest BCUT2D eigenvalue weighted by molar-refractivity contribution is -0.127. The first-order valence-electron chi connectivity index (χ1n) is 24.1. The van der Waals surface area contributed by atoms with Gasteiger partial charge in [0, 0.05) is 49.4 Å². The predicted molar refractivity (Wildman–Crippen MR) is 285 cm³/mol. The number of benzene rings is 4. The minimum Gasteiger partial charge on any atom is -0.457 e. The molecule has 0 aliphatic carbocycles. The van der Waals surface area contributed by atoms with E-state index in [2.05, 4.69) is 51.0 Å². The minimum absolute atomic E-state index is 0.00912. The Kier molecular flexibility index (Phi) is 18.8. The molecule has 17 heteroatoms. The molecule has 2 aliphatic heterocycles. The summed E-state index contributed by atoms with van der Waals surface area (Å²) in [6, 6.07) is 33.4. The molecule has 72 heavy (non-hydrogen) atoms. The fourth-order valence-electron chi connectivity index (χ4n) is 7.83. The van der Waals surface area contributed by atoms with Gasteiger partial charge in [-0.25, -0.2) is 24.7 Å². The van der Waals surface area contributed by atoms with E-state index < -0.39 is 5.60 Å². The number of aromatic nitrogens is 4. The molecular weight excluding hydrogens is 909 g/mol. The van der Waals surface area contributed by atoms with E-state index in [0.29, 0.717) is 71.6 Å². The first kappa shape index (κ1) is 53.0. The zero-order valence-electron chi connectivity index (χ0n) is 41.7. The largest absolute Gasteiger partial charge is 0.457 e. The number of amides is 2. The van der Waals surface area contributed by atoms with Gasteiger partial charge in [0.05, 0.1) is 22.6 Å². The molecule has 8 N–H and O–H groups in total. The molecule has 0 spiro atoms. The summed E-state index contributed by atoms with van der Waals surface area (Å²) in [4.78, 5) is 45.0. The molecule has 2 unspecified atom stereocenters. The van der Waals surface area contributed by atoms with Gasteiger partial charge >= 0.3 is 6.09 Å². The molecule has 0 bridgehead atoms. The topological polar surface area (TPSA) is 244 Å². The molecule has 0 saturated carbocycles. The highest BCUT2D eigenvalue weighted by Crippen LogP contribution is 2.29. The molecule has 2 aromatic heterocycles. The van der Waals surface area contributed by atoms with E-state index in [1.807, 2.05) is 130 Å². The first-order chi connectivity index (χ1) is 34.7. The molecule has 2 atom stereocenters. The highest BCUT2D eigenvalue weighted by Gasteiger charge is 2.29. The predicted octanol–water partition coefficient (Wildman–Crippen LogP) is 10.4. The third-order valence-corrected chi connectivity index (χ3v) is 11.2. The van der Waals surface area contributed by atoms with Crippen molar-refractivity contribution < 1.29 is 23.8 Å². The summed E-state index contributed by atoms with van der Waals surface area (Å²) in [5, 5.41) is 24.4. The molecule has 4 heterocycles. The summed E-state index contributed by atoms with van der Waals surface area (Å²) in [7, 11) is 0. The number of anilines is 4. The Balaban J connectivity index is 0.000000224. The van der Waals surface area contributed by atoms with Crippen molar-refractivity contribution in [2.45, 2.75) is 84.4 Å². The van der Waals surface area contributed by atoms with Gasteiger partial charge in [-0.2, -0.15) is 0 Å². The average molecular weight is 975 g/mol. The van der Waals surface area contributed by atoms with Crippen molar-refractivity contribution in [1.82, 2.24) is 29.7 Å². The number of para-hydroxylation sites is 2. The van der Waals surface area contributed by atoms with E-state index in [1.54, 1.807) is 9.80 Å². The second-order valence-corrected chi connectivity index (χ2v) is 18.2. The fourth-order valence-corrected chi connectivity index (χ4v) is 7.83. The van der Waals surface area contributed by atoms with Gasteiger partial charge in [0.15, 0.2) is 0 Å². The standard InChI is InChI=1S/C27H32N6O3.C25H26N6O2.C3H8/c1-27(2,3)36-26(34)33-15-7-8-19(16-33)32-25-22(24(29)30-17-31-25)23(28)18-11-13-21(14-12-18)35-20-9-5-4-6-10-20;1-2-21(32)31-14-6-7-18(15-31)30-25-22(24(27)28-16-29-25)23(26)17-10-12-20(13-11-17)33-19-8-4-3-5-9-19;1-3-2/h4-6,9-14,17,19,28H,7-8,15-16H2,1-3H3,(H3,29,30,31,32);2-5,8-13,16,18,26H,1,6-7,14-15H2,(H3,27,28,29,30);3H2,1-2H3. The number of nitrogens with zero attached hydrogens (tertiary/aromatic N) is 6. The normalized spacial score (nSPS) is 15.2. The highest BCUT2D eigenvalue weighted by molar-refractivity contribution is 6.17. The second kappa shape index (κ2) is 25.5. The van der Waals surface area contributed by atoms with Crippen LogP contribution >= 0.6 is 0 Å². The highest BCUT2D eigenvalue weighted by atomic mass is 16.6. The zero-order valence-corrected chi connectivity index (χ0v) is 41.7. The lowest BCUT2D eigenvalue weighted by Gasteiger charge is -2.34. The summed E-state index contributed by atoms with van der Waals surface area (Å²) < 4.78 is 17.2. The maximum atomic E-state index is 12.6. The van der Waals surface area contributed by atoms with E-state index in [0.717, 1.165) is 37.2 Å². The first-order valence-corrected chi connectivity index (χ1v) is 24.1. The zero-order chi connectivity index (χ0) is 51.6. The van der Waals surface area contributed by atoms with Crippen LogP contribution in [0.25, 0.3) is 0 Å². The van der Waals surface area contributed by atoms with E-state index in [4.69, 9.17) is 36.5 Å². The number of carbonyl (C=O) groups excluding carboxylic acids is 2. The number of nitrogen functional groups attached to an aromatic ring is 2. The van der Waals surface area contributed by atoms with Gasteiger partial charge in [-0.3, -0.25) is 15.6 Å². The number of nitrogens with one attached hydrogen (secondary N) is 4. The van der Waals surface area contributed by atoms with Crippen LogP contribution in [0.2, 0.25) is 0 Å². The maximum absolute atomic E-state index is 12.6. The van der Waals surface area contributed by atoms with E-state index in [-0.39, 0.29) is 47.1 Å². The Labute approximate surface area is 422 Å². The van der Waals surface area contributed by atoms with Gasteiger partial charge in [0.2, 0.25) is 5.91 Å². The summed E-state index contributed by atoms with van der Waals surface area (Å²) in [6.45, 7) is 15.7. The van der Waals surface area contributed by atoms with Crippen LogP contribution in [0.1, 0.15) is 89.0 Å². The van der Waals surface area contributed by atoms with Crippen LogP contribution in [0.3, 0.4) is 0 Å². The van der Waals surface area contributed by atoms with Crippen molar-refractivity contribution in [3.8, 4) is 23.0 Å². The van der Waals surface area contributed by atoms with Crippen LogP contribution < -0.4 is 31.6 Å². The monoisotopic (exact) mass is 975 g/mol. The number of ether oxygens (including phenoxy) is 3. The quantitative estimate of drug-likeness (QED) is 0.0467. The number of likely N-dealkylation sites (tertiary alicyclic amines) is 2. The fraction of sp³-hybridized carbons (Fsp3) is 0.309. The van der Waals surface area contributed by atoms with E-state index in [1.165, 1.54) is 25.2 Å². The number of nitrogens with two attached hydrogens (primary N) is 2. The van der Waals surface area contributed by atoms with Crippen LogP contribution in [0.15, 0.2) is 135 Å². The van der Waals surface area contributed by atoms with Gasteiger partial charge in [-0.05, 0) is 125 Å². The van der Waals surface area contributed by atoms with Crippen LogP contribution in [0.4, 0.5) is 28.1 Å². The van der Waals surface area contributed by atoms with Crippen LogP contribution in [-0.4, -0.2) is 97.0 Å². The molecule has 0 radical (unpaired) electrons. The Morgan fingerprint density at radius 2 is 1.04 bits per heavy atom. The SMILES string of the molecule is C=CC(=O)N1CCCC(Nc2ncnc(N)c2C(=N)c2ccc(Oc3ccccc3)cc2)C1.CC(C)(C)OC(=O)N1CCCC(Nc2ncnc(N)c2C(=N)c2ccc(Oc3ccccc3)cc2)C1.CCC. The summed E-state index contributed by atoms with van der Waals surface area (Å²) >= 11 is 0. The van der Waals surface area contributed by atoms with Crippen molar-refractivity contribution in [3.63, 3.8) is 0 Å². The molecule has 4 aromatic carbocycles. The lowest BCUT2D eigenvalue weighted by Crippen LogP contribution is -2.47. The van der Waals surface area contributed by atoms with E-state index in [9.17, 15) is 9.59 Å². The van der Waals surface area contributed by atoms with Gasteiger partial charge in [-0.15, -0.1) is 0 Å². The van der Waals surface area contributed by atoms with Crippen LogP contribution in [0, 0.1) is 10.8 Å². The summed E-state index contributed by atoms with van der Waals surface area (Å²) in [6.07, 6.45) is 8.42. The van der Waals surface area contributed by atoms with Gasteiger partial charge in [0.25, 0.3) is 0 Å². The number of piperidine rings is 2. The lowest BCUT2D eigenvalue weighted by atomic mass is 10.0. The number of rotatable bonds is 13. The smallest absolute Gasteiger partial charge is 0.410 e. The minimum atomic E-state index is -0.553. The van der Waals surface area contributed by atoms with Gasteiger partial charge < -0.3 is 46.1 Å². The summed E-state index contributed by atoms with van der Waals surface area (Å²) in [5.41, 5.74) is 14.4. The molecule has 8 rings (SSSR count). The molecule has 2 fully saturated rings. The Hall–Kier alpha value is -8.34. The molecule has 2 amide bonds. The number of carbonyl (C=O) groups is 2. The van der Waals surface area contributed by atoms with Crippen LogP contribution in [0.5, 0.6) is 23.0 Å². The molecule has 376 valence electrons. The Morgan fingerprint density at radius 1 is 0.653 bits per heavy atom. The van der Waals surface area contributed by atoms with Crippen molar-refractivity contribution in [2.24, 2.45) is 0 Å². The maximum Gasteiger partial charge on any atom is 0.410 e. The van der Waals surface area contributed by atoms with Gasteiger partial charge in [0.1, 0.15) is 64.5 Å². The van der Waals surface area contributed by atoms with Crippen molar-refractivity contribution >= 4 is 46.7 Å². The molecule has 6 aromatic rings. The van der Waals surface area contributed by atoms with E-state index >= 15 is 0 Å². The average Bonchev–Trinajstić information content (AvgIpc) is 3.37. The third-order valence-electron chi connectivity index (χ3n) is 11.2. The third kappa shape index (κ3) is 15.1. The molecular formula is C55H66N12O5. The van der Waals surface area contributed by atoms with Gasteiger partial charge in [-0.1, -0.05) is 63.2 Å². The second-order valence-electron chi connectivity index (χ2n) is 18.2. The van der Waals surface area contributed by atoms with Crippen molar-refractivity contribution in [1.29, 1.82) is 10.8 Å². The van der Waals surface area contributed by atoms with Crippen LogP contribution in [-0.2, 0) is 9.53 Å². The number of hydrogen-bond donors (Lipinski definition) is 6. The Morgan fingerprint density at radius 3 is 1.44 bits per heavy atom.